The monoisotopic (exact) mass is 391 g/mol. The first-order chi connectivity index (χ1) is 12.5. The molecule has 0 fully saturated rings. The summed E-state index contributed by atoms with van der Waals surface area (Å²) in [7, 11) is 0. The van der Waals surface area contributed by atoms with Crippen molar-refractivity contribution in [3.05, 3.63) is 60.3 Å². The molecule has 1 amide bonds. The molecule has 0 aliphatic heterocycles. The van der Waals surface area contributed by atoms with Gasteiger partial charge in [-0.15, -0.1) is 11.3 Å². The van der Waals surface area contributed by atoms with Gasteiger partial charge in [0.15, 0.2) is 0 Å². The average molecular weight is 392 g/mol. The second-order valence-electron chi connectivity index (χ2n) is 6.24. The molecule has 0 radical (unpaired) electrons. The maximum absolute atomic E-state index is 12.3. The molecule has 8 heteroatoms. The lowest BCUT2D eigenvalue weighted by Crippen LogP contribution is -2.16. The molecular weight excluding hydrogens is 374 g/mol. The first-order valence-electron chi connectivity index (χ1n) is 8.36. The van der Waals surface area contributed by atoms with Crippen LogP contribution in [0, 0.1) is 16.0 Å². The van der Waals surface area contributed by atoms with Gasteiger partial charge in [-0.05, 0) is 42.9 Å². The molecule has 1 aromatic heterocycles. The number of carbonyl (C=O) groups is 1. The minimum atomic E-state index is -0.508. The van der Waals surface area contributed by atoms with Crippen molar-refractivity contribution >= 4 is 40.7 Å². The summed E-state index contributed by atoms with van der Waals surface area (Å²) in [5.74, 6) is 0.414. The molecule has 6 nitrogen and oxygen atoms in total. The van der Waals surface area contributed by atoms with Gasteiger partial charge >= 0.3 is 0 Å². The molecule has 26 heavy (non-hydrogen) atoms. The van der Waals surface area contributed by atoms with E-state index in [2.05, 4.69) is 17.5 Å². The van der Waals surface area contributed by atoms with Crippen molar-refractivity contribution in [2.45, 2.75) is 32.6 Å². The van der Waals surface area contributed by atoms with Gasteiger partial charge in [-0.1, -0.05) is 24.9 Å². The fraction of sp³-hybridized carbons (Fsp3) is 0.333. The number of nitro groups is 1. The Balaban J connectivity index is 1.68. The van der Waals surface area contributed by atoms with E-state index in [4.69, 9.17) is 11.6 Å². The summed E-state index contributed by atoms with van der Waals surface area (Å²) in [6.07, 6.45) is 5.70. The maximum atomic E-state index is 12.3. The van der Waals surface area contributed by atoms with Crippen LogP contribution in [-0.2, 0) is 12.8 Å². The topological polar surface area (TPSA) is 84.6 Å². The Morgan fingerprint density at radius 2 is 2.31 bits per heavy atom. The molecule has 0 bridgehead atoms. The summed E-state index contributed by atoms with van der Waals surface area (Å²) in [5.41, 5.74) is 4.03. The number of benzene rings is 1. The lowest BCUT2D eigenvalue weighted by molar-refractivity contribution is -0.384. The molecular formula is C18H18ClN3O3S. The highest BCUT2D eigenvalue weighted by Gasteiger charge is 2.21. The van der Waals surface area contributed by atoms with E-state index in [1.807, 2.05) is 6.07 Å². The van der Waals surface area contributed by atoms with Crippen LogP contribution in [0.4, 0.5) is 5.69 Å². The Kier molecular flexibility index (Phi) is 5.68. The van der Waals surface area contributed by atoms with E-state index in [9.17, 15) is 14.9 Å². The number of fused-ring (bicyclic) bond motifs is 1. The number of hydrazone groups is 1. The molecule has 1 aliphatic rings. The molecule has 1 atom stereocenters. The number of amides is 1. The van der Waals surface area contributed by atoms with Gasteiger partial charge in [-0.25, -0.2) is 5.43 Å². The number of non-ortho nitro benzene ring substituents is 1. The zero-order chi connectivity index (χ0) is 18.7. The first kappa shape index (κ1) is 18.5. The second-order valence-corrected chi connectivity index (χ2v) is 7.78. The average Bonchev–Trinajstić information content (AvgIpc) is 3.06. The van der Waals surface area contributed by atoms with Crippen molar-refractivity contribution in [2.24, 2.45) is 11.0 Å². The Bertz CT molecular complexity index is 879. The number of hydrogen-bond acceptors (Lipinski definition) is 5. The van der Waals surface area contributed by atoms with E-state index in [0.29, 0.717) is 21.4 Å². The number of hydrogen-bond donors (Lipinski definition) is 1. The molecule has 2 aromatic rings. The van der Waals surface area contributed by atoms with Crippen molar-refractivity contribution in [3.8, 4) is 0 Å². The standard InChI is InChI=1S/C18H18ClN3O3S/c1-2-11-3-6-16-12(7-11)9-17(26-16)18(23)21-20-10-13-8-14(22(24)25)4-5-15(13)19/h4-5,8-11H,2-3,6-7H2,1H3,(H,21,23). The molecule has 1 unspecified atom stereocenters. The van der Waals surface area contributed by atoms with E-state index in [-0.39, 0.29) is 11.6 Å². The summed E-state index contributed by atoms with van der Waals surface area (Å²) in [6.45, 7) is 2.20. The normalized spacial score (nSPS) is 16.5. The van der Waals surface area contributed by atoms with Crippen LogP contribution in [-0.4, -0.2) is 17.0 Å². The van der Waals surface area contributed by atoms with Gasteiger partial charge in [0.2, 0.25) is 0 Å². The summed E-state index contributed by atoms with van der Waals surface area (Å²) < 4.78 is 0. The Labute approximate surface area is 160 Å². The Hall–Kier alpha value is -2.25. The van der Waals surface area contributed by atoms with Crippen LogP contribution in [0.3, 0.4) is 0 Å². The predicted octanol–water partition coefficient (Wildman–Crippen LogP) is 4.59. The van der Waals surface area contributed by atoms with Crippen molar-refractivity contribution in [1.29, 1.82) is 0 Å². The van der Waals surface area contributed by atoms with Crippen LogP contribution in [0.5, 0.6) is 0 Å². The smallest absolute Gasteiger partial charge is 0.266 e. The molecule has 0 spiro atoms. The minimum Gasteiger partial charge on any atom is -0.266 e. The number of thiophene rings is 1. The largest absolute Gasteiger partial charge is 0.281 e. The molecule has 1 heterocycles. The number of rotatable bonds is 5. The second kappa shape index (κ2) is 7.97. The lowest BCUT2D eigenvalue weighted by Gasteiger charge is -2.19. The van der Waals surface area contributed by atoms with Crippen LogP contribution < -0.4 is 5.43 Å². The van der Waals surface area contributed by atoms with Crippen molar-refractivity contribution < 1.29 is 9.72 Å². The van der Waals surface area contributed by atoms with E-state index >= 15 is 0 Å². The third-order valence-electron chi connectivity index (χ3n) is 4.55. The highest BCUT2D eigenvalue weighted by atomic mass is 35.5. The van der Waals surface area contributed by atoms with Crippen LogP contribution in [0.15, 0.2) is 29.4 Å². The number of nitrogens with one attached hydrogen (secondary N) is 1. The maximum Gasteiger partial charge on any atom is 0.281 e. The highest BCUT2D eigenvalue weighted by molar-refractivity contribution is 7.14. The molecule has 0 saturated heterocycles. The summed E-state index contributed by atoms with van der Waals surface area (Å²) >= 11 is 7.52. The molecule has 0 saturated carbocycles. The summed E-state index contributed by atoms with van der Waals surface area (Å²) in [5, 5.41) is 15.0. The first-order valence-corrected chi connectivity index (χ1v) is 9.56. The number of carbonyl (C=O) groups excluding carboxylic acids is 1. The molecule has 1 aliphatic carbocycles. The van der Waals surface area contributed by atoms with E-state index in [1.165, 1.54) is 52.6 Å². The van der Waals surface area contributed by atoms with Gasteiger partial charge in [-0.3, -0.25) is 14.9 Å². The zero-order valence-corrected chi connectivity index (χ0v) is 15.8. The van der Waals surface area contributed by atoms with Gasteiger partial charge in [0, 0.05) is 27.6 Å². The number of halogens is 1. The lowest BCUT2D eigenvalue weighted by atomic mass is 9.87. The molecule has 1 N–H and O–H groups in total. The van der Waals surface area contributed by atoms with Crippen molar-refractivity contribution in [1.82, 2.24) is 5.43 Å². The SMILES string of the molecule is CCC1CCc2sc(C(=O)NN=Cc3cc([N+](=O)[O-])ccc3Cl)cc2C1. The third kappa shape index (κ3) is 4.11. The van der Waals surface area contributed by atoms with E-state index in [1.54, 1.807) is 0 Å². The van der Waals surface area contributed by atoms with Crippen molar-refractivity contribution in [3.63, 3.8) is 0 Å². The summed E-state index contributed by atoms with van der Waals surface area (Å²) in [6, 6.07) is 6.01. The van der Waals surface area contributed by atoms with Gasteiger partial charge in [0.25, 0.3) is 11.6 Å². The van der Waals surface area contributed by atoms with Crippen LogP contribution >= 0.6 is 22.9 Å². The Morgan fingerprint density at radius 3 is 3.04 bits per heavy atom. The van der Waals surface area contributed by atoms with Gasteiger partial charge in [0.05, 0.1) is 16.0 Å². The van der Waals surface area contributed by atoms with Crippen LogP contribution in [0.1, 0.15) is 45.4 Å². The van der Waals surface area contributed by atoms with E-state index < -0.39 is 4.92 Å². The van der Waals surface area contributed by atoms with Gasteiger partial charge in [0.1, 0.15) is 0 Å². The number of nitrogens with zero attached hydrogens (tertiary/aromatic N) is 2. The quantitative estimate of drug-likeness (QED) is 0.459. The Morgan fingerprint density at radius 1 is 1.50 bits per heavy atom. The fourth-order valence-corrected chi connectivity index (χ4v) is 4.28. The molecule has 1 aromatic carbocycles. The third-order valence-corrected chi connectivity index (χ3v) is 6.13. The van der Waals surface area contributed by atoms with Gasteiger partial charge in [-0.2, -0.15) is 5.10 Å². The van der Waals surface area contributed by atoms with Crippen LogP contribution in [0.2, 0.25) is 5.02 Å². The van der Waals surface area contributed by atoms with E-state index in [0.717, 1.165) is 19.3 Å². The molecule has 3 rings (SSSR count). The number of nitro benzene ring substituents is 1. The van der Waals surface area contributed by atoms with Crippen molar-refractivity contribution in [2.75, 3.05) is 0 Å². The molecule has 136 valence electrons. The van der Waals surface area contributed by atoms with Gasteiger partial charge < -0.3 is 0 Å². The fourth-order valence-electron chi connectivity index (χ4n) is 3.02. The predicted molar refractivity (Wildman–Crippen MR) is 103 cm³/mol. The summed E-state index contributed by atoms with van der Waals surface area (Å²) in [4.78, 5) is 24.5. The zero-order valence-electron chi connectivity index (χ0n) is 14.2. The van der Waals surface area contributed by atoms with Crippen LogP contribution in [0.25, 0.3) is 0 Å². The number of aryl methyl sites for hydroxylation is 1. The highest BCUT2D eigenvalue weighted by Crippen LogP contribution is 2.33. The minimum absolute atomic E-state index is 0.0846.